The predicted molar refractivity (Wildman–Crippen MR) is 118 cm³/mol. The topological polar surface area (TPSA) is 145 Å². The van der Waals surface area contributed by atoms with Crippen LogP contribution < -0.4 is 21.9 Å². The Hall–Kier alpha value is -4.15. The number of carbonyl (C=O) groups excluding carboxylic acids is 1. The van der Waals surface area contributed by atoms with Crippen molar-refractivity contribution in [1.29, 1.82) is 0 Å². The van der Waals surface area contributed by atoms with Gasteiger partial charge in [-0.25, -0.2) is 9.48 Å². The Balaban J connectivity index is 1.76. The molecular formula is C21H23N7O4. The summed E-state index contributed by atoms with van der Waals surface area (Å²) in [6.45, 7) is 2.07. The van der Waals surface area contributed by atoms with E-state index in [0.29, 0.717) is 29.8 Å². The number of hydrogen-bond donors (Lipinski definition) is 2. The molecule has 1 aromatic carbocycles. The zero-order valence-electron chi connectivity index (χ0n) is 17.5. The van der Waals surface area contributed by atoms with Crippen LogP contribution in [0.25, 0.3) is 11.0 Å². The van der Waals surface area contributed by atoms with E-state index in [1.54, 1.807) is 24.3 Å². The van der Waals surface area contributed by atoms with Gasteiger partial charge >= 0.3 is 5.69 Å². The molecule has 0 fully saturated rings. The highest BCUT2D eigenvalue weighted by molar-refractivity contribution is 5.95. The third-order valence-electron chi connectivity index (χ3n) is 5.12. The van der Waals surface area contributed by atoms with Gasteiger partial charge in [0.1, 0.15) is 23.6 Å². The summed E-state index contributed by atoms with van der Waals surface area (Å²) in [5.41, 5.74) is 6.09. The molecule has 0 aliphatic rings. The van der Waals surface area contributed by atoms with Crippen LogP contribution in [0.5, 0.6) is 0 Å². The third-order valence-corrected chi connectivity index (χ3v) is 5.12. The van der Waals surface area contributed by atoms with Crippen molar-refractivity contribution in [2.75, 3.05) is 10.6 Å². The molecule has 3 aromatic heterocycles. The Bertz CT molecular complexity index is 1350. The van der Waals surface area contributed by atoms with Gasteiger partial charge in [0, 0.05) is 6.54 Å². The monoisotopic (exact) mass is 437 g/mol. The molecule has 166 valence electrons. The summed E-state index contributed by atoms with van der Waals surface area (Å²) < 4.78 is 8.11. The molecule has 0 radical (unpaired) electrons. The first kappa shape index (κ1) is 21.1. The van der Waals surface area contributed by atoms with E-state index in [4.69, 9.17) is 10.2 Å². The fourth-order valence-electron chi connectivity index (χ4n) is 3.47. The summed E-state index contributed by atoms with van der Waals surface area (Å²) >= 11 is 0. The molecule has 4 aromatic rings. The van der Waals surface area contributed by atoms with Gasteiger partial charge in [-0.3, -0.25) is 24.0 Å². The third kappa shape index (κ3) is 4.04. The summed E-state index contributed by atoms with van der Waals surface area (Å²) in [6.07, 6.45) is 2.99. The molecule has 0 bridgehead atoms. The van der Waals surface area contributed by atoms with Gasteiger partial charge in [-0.2, -0.15) is 0 Å². The molecule has 3 N–H and O–H groups in total. The van der Waals surface area contributed by atoms with E-state index in [0.717, 1.165) is 6.42 Å². The van der Waals surface area contributed by atoms with Crippen molar-refractivity contribution in [1.82, 2.24) is 24.5 Å². The first-order valence-electron chi connectivity index (χ1n) is 10.2. The molecule has 0 aliphatic heterocycles. The van der Waals surface area contributed by atoms with Crippen molar-refractivity contribution in [2.24, 2.45) is 0 Å². The predicted octanol–water partition coefficient (Wildman–Crippen LogP) is 1.49. The minimum Gasteiger partial charge on any atom is -0.467 e. The second-order valence-electron chi connectivity index (χ2n) is 7.29. The Kier molecular flexibility index (Phi) is 5.88. The molecule has 3 heterocycles. The fraction of sp³-hybridized carbons (Fsp3) is 0.286. The zero-order chi connectivity index (χ0) is 22.7. The maximum Gasteiger partial charge on any atom is 0.330 e. The van der Waals surface area contributed by atoms with E-state index in [-0.39, 0.29) is 24.6 Å². The van der Waals surface area contributed by atoms with Crippen LogP contribution in [0.2, 0.25) is 0 Å². The number of nitrogens with one attached hydrogen (secondary N) is 1. The average Bonchev–Trinajstić information content (AvgIpc) is 3.43. The Morgan fingerprint density at radius 2 is 2.03 bits per heavy atom. The molecule has 0 aliphatic carbocycles. The van der Waals surface area contributed by atoms with Crippen LogP contribution >= 0.6 is 0 Å². The highest BCUT2D eigenvalue weighted by Crippen LogP contribution is 2.21. The summed E-state index contributed by atoms with van der Waals surface area (Å²) in [5, 5.41) is 8.11. The summed E-state index contributed by atoms with van der Waals surface area (Å²) in [5.74, 6) is -0.0857. The number of anilines is 2. The van der Waals surface area contributed by atoms with Crippen LogP contribution in [0, 0.1) is 0 Å². The number of carbonyl (C=O) groups is 1. The number of aromatic amines is 1. The minimum atomic E-state index is -0.747. The van der Waals surface area contributed by atoms with Crippen LogP contribution in [-0.2, 0) is 24.4 Å². The van der Waals surface area contributed by atoms with Crippen molar-refractivity contribution < 1.29 is 9.21 Å². The number of furan rings is 1. The number of amides is 1. The van der Waals surface area contributed by atoms with E-state index < -0.39 is 17.2 Å². The molecule has 0 unspecified atom stereocenters. The van der Waals surface area contributed by atoms with Gasteiger partial charge in [-0.1, -0.05) is 30.7 Å². The van der Waals surface area contributed by atoms with E-state index >= 15 is 0 Å². The van der Waals surface area contributed by atoms with Crippen molar-refractivity contribution in [3.63, 3.8) is 0 Å². The average molecular weight is 437 g/mol. The highest BCUT2D eigenvalue weighted by Gasteiger charge is 2.26. The Labute approximate surface area is 182 Å². The van der Waals surface area contributed by atoms with Gasteiger partial charge in [-0.05, 0) is 30.7 Å². The molecule has 4 rings (SSSR count). The van der Waals surface area contributed by atoms with E-state index in [2.05, 4.69) is 15.3 Å². The van der Waals surface area contributed by atoms with E-state index in [1.807, 2.05) is 19.1 Å². The molecule has 1 amide bonds. The lowest BCUT2D eigenvalue weighted by Crippen LogP contribution is -2.42. The minimum absolute atomic E-state index is 0.0439. The second-order valence-corrected chi connectivity index (χ2v) is 7.29. The Morgan fingerprint density at radius 1 is 1.22 bits per heavy atom. The number of H-pyrrole nitrogens is 1. The standard InChI is InChI=1S/C21H23N7O4/c1-2-3-10-26-19(22)18(20(30)23-21(26)31)27(12-14-7-6-11-32-14)17(29)13-28-16-9-5-4-8-15(16)24-25-28/h4-9,11H,2-3,10,12-13,22H2,1H3,(H,23,30,31). The maximum atomic E-state index is 13.4. The SMILES string of the molecule is CCCCn1c(N)c(N(Cc2ccco2)C(=O)Cn2nnc3ccccc32)c(=O)[nH]c1=O. The van der Waals surface area contributed by atoms with Gasteiger partial charge in [-0.15, -0.1) is 5.10 Å². The number of benzene rings is 1. The smallest absolute Gasteiger partial charge is 0.330 e. The summed E-state index contributed by atoms with van der Waals surface area (Å²) in [6, 6.07) is 10.6. The van der Waals surface area contributed by atoms with Crippen molar-refractivity contribution in [2.45, 2.75) is 39.4 Å². The van der Waals surface area contributed by atoms with Gasteiger partial charge in [0.25, 0.3) is 5.56 Å². The van der Waals surface area contributed by atoms with Gasteiger partial charge in [0.15, 0.2) is 5.69 Å². The second kappa shape index (κ2) is 8.92. The lowest BCUT2D eigenvalue weighted by atomic mass is 10.3. The van der Waals surface area contributed by atoms with E-state index in [1.165, 1.54) is 20.4 Å². The molecule has 11 heteroatoms. The van der Waals surface area contributed by atoms with E-state index in [9.17, 15) is 14.4 Å². The number of fused-ring (bicyclic) bond motifs is 1. The Morgan fingerprint density at radius 3 is 2.78 bits per heavy atom. The lowest BCUT2D eigenvalue weighted by molar-refractivity contribution is -0.119. The first-order chi connectivity index (χ1) is 15.5. The van der Waals surface area contributed by atoms with Crippen LogP contribution in [-0.4, -0.2) is 30.5 Å². The molecule has 0 saturated heterocycles. The van der Waals surface area contributed by atoms with Gasteiger partial charge in [0.2, 0.25) is 5.91 Å². The molecule has 0 spiro atoms. The number of hydrogen-bond acceptors (Lipinski definition) is 7. The normalized spacial score (nSPS) is 11.2. The molecule has 0 saturated carbocycles. The molecule has 32 heavy (non-hydrogen) atoms. The zero-order valence-corrected chi connectivity index (χ0v) is 17.5. The van der Waals surface area contributed by atoms with Crippen molar-refractivity contribution in [3.8, 4) is 0 Å². The van der Waals surface area contributed by atoms with Gasteiger partial charge in [0.05, 0.1) is 18.3 Å². The molecule has 0 atom stereocenters. The van der Waals surface area contributed by atoms with Gasteiger partial charge < -0.3 is 10.2 Å². The largest absolute Gasteiger partial charge is 0.467 e. The van der Waals surface area contributed by atoms with Crippen LogP contribution in [0.1, 0.15) is 25.5 Å². The number of nitrogen functional groups attached to an aromatic ring is 1. The summed E-state index contributed by atoms with van der Waals surface area (Å²) in [7, 11) is 0. The molecule has 11 nitrogen and oxygen atoms in total. The fourth-order valence-corrected chi connectivity index (χ4v) is 3.47. The van der Waals surface area contributed by atoms with Crippen molar-refractivity contribution >= 4 is 28.4 Å². The molecular weight excluding hydrogens is 414 g/mol. The number of unbranched alkanes of at least 4 members (excludes halogenated alkanes) is 1. The number of rotatable bonds is 8. The quantitative estimate of drug-likeness (QED) is 0.425. The number of para-hydroxylation sites is 1. The van der Waals surface area contributed by atoms with Crippen molar-refractivity contribution in [3.05, 3.63) is 69.3 Å². The summed E-state index contributed by atoms with van der Waals surface area (Å²) in [4.78, 5) is 42.0. The van der Waals surface area contributed by atoms with Crippen LogP contribution in [0.4, 0.5) is 11.5 Å². The van der Waals surface area contributed by atoms with Crippen LogP contribution in [0.15, 0.2) is 56.7 Å². The number of aromatic nitrogens is 5. The van der Waals surface area contributed by atoms with Crippen LogP contribution in [0.3, 0.4) is 0 Å². The highest BCUT2D eigenvalue weighted by atomic mass is 16.3. The maximum absolute atomic E-state index is 13.4. The lowest BCUT2D eigenvalue weighted by Gasteiger charge is -2.23. The number of nitrogens with zero attached hydrogens (tertiary/aromatic N) is 5. The first-order valence-corrected chi connectivity index (χ1v) is 10.2. The number of nitrogens with two attached hydrogens (primary N) is 1.